The summed E-state index contributed by atoms with van der Waals surface area (Å²) in [6, 6.07) is 24.1. The number of morpholine rings is 1. The van der Waals surface area contributed by atoms with E-state index in [-0.39, 0.29) is 12.1 Å². The highest BCUT2D eigenvalue weighted by Crippen LogP contribution is 2.36. The number of fused-ring (bicyclic) bond motifs is 1. The highest BCUT2D eigenvalue weighted by Gasteiger charge is 2.33. The van der Waals surface area contributed by atoms with Crippen molar-refractivity contribution in [1.82, 2.24) is 9.80 Å². The molecule has 0 unspecified atom stereocenters. The van der Waals surface area contributed by atoms with Crippen LogP contribution in [0.1, 0.15) is 33.2 Å². The lowest BCUT2D eigenvalue weighted by Gasteiger charge is -2.38. The molecule has 3 aromatic rings. The molecule has 1 atom stereocenters. The summed E-state index contributed by atoms with van der Waals surface area (Å²) in [4.78, 5) is 17.9. The lowest BCUT2D eigenvalue weighted by Crippen LogP contribution is -2.42. The Balaban J connectivity index is 1.50. The van der Waals surface area contributed by atoms with Crippen LogP contribution in [0.2, 0.25) is 0 Å². The van der Waals surface area contributed by atoms with E-state index in [2.05, 4.69) is 34.5 Å². The van der Waals surface area contributed by atoms with Gasteiger partial charge in [-0.1, -0.05) is 48.5 Å². The molecule has 2 aliphatic rings. The first-order valence-electron chi connectivity index (χ1n) is 11.4. The second-order valence-electron chi connectivity index (χ2n) is 8.47. The molecule has 6 heteroatoms. The number of nitrogens with zero attached hydrogens (tertiary/aromatic N) is 2. The topological polar surface area (TPSA) is 54.0 Å². The van der Waals surface area contributed by atoms with Gasteiger partial charge in [0.1, 0.15) is 11.9 Å². The summed E-state index contributed by atoms with van der Waals surface area (Å²) in [5.41, 5.74) is 4.82. The first-order chi connectivity index (χ1) is 16.2. The fraction of sp³-hybridized carbons (Fsp3) is 0.296. The Morgan fingerprint density at radius 3 is 2.52 bits per heavy atom. The summed E-state index contributed by atoms with van der Waals surface area (Å²) >= 11 is 0. The molecular weight excluding hydrogens is 414 g/mol. The van der Waals surface area contributed by atoms with E-state index in [4.69, 9.17) is 9.47 Å². The van der Waals surface area contributed by atoms with Crippen LogP contribution >= 0.6 is 0 Å². The van der Waals surface area contributed by atoms with Gasteiger partial charge < -0.3 is 19.7 Å². The molecule has 0 aromatic heterocycles. The maximum Gasteiger partial charge on any atom is 0.258 e. The van der Waals surface area contributed by atoms with E-state index in [0.717, 1.165) is 61.0 Å². The Kier molecular flexibility index (Phi) is 6.28. The van der Waals surface area contributed by atoms with Gasteiger partial charge in [-0.05, 0) is 35.4 Å². The lowest BCUT2D eigenvalue weighted by molar-refractivity contribution is 0.0338. The maximum atomic E-state index is 13.6. The number of ether oxygens (including phenoxy) is 2. The summed E-state index contributed by atoms with van der Waals surface area (Å²) in [7, 11) is 1.71. The monoisotopic (exact) mass is 443 g/mol. The molecule has 1 fully saturated rings. The van der Waals surface area contributed by atoms with Gasteiger partial charge >= 0.3 is 0 Å². The Bertz CT molecular complexity index is 1110. The first kappa shape index (κ1) is 21.5. The Hall–Kier alpha value is -3.35. The number of para-hydroxylation sites is 1. The molecule has 5 rings (SSSR count). The van der Waals surface area contributed by atoms with Crippen LogP contribution in [-0.2, 0) is 17.8 Å². The van der Waals surface area contributed by atoms with E-state index >= 15 is 0 Å². The number of carbonyl (C=O) groups is 1. The van der Waals surface area contributed by atoms with Crippen LogP contribution in [-0.4, -0.2) is 49.1 Å². The molecule has 1 amide bonds. The van der Waals surface area contributed by atoms with Gasteiger partial charge in [0.05, 0.1) is 25.9 Å². The molecule has 0 saturated carbocycles. The van der Waals surface area contributed by atoms with Gasteiger partial charge in [0.15, 0.2) is 0 Å². The molecule has 3 aromatic carbocycles. The molecular formula is C27H29N3O3. The summed E-state index contributed by atoms with van der Waals surface area (Å²) in [6.45, 7) is 4.62. The maximum absolute atomic E-state index is 13.6. The van der Waals surface area contributed by atoms with Gasteiger partial charge in [-0.3, -0.25) is 9.69 Å². The van der Waals surface area contributed by atoms with Crippen molar-refractivity contribution in [3.8, 4) is 5.75 Å². The minimum absolute atomic E-state index is 0.0313. The molecule has 1 N–H and O–H groups in total. The first-order valence-corrected chi connectivity index (χ1v) is 11.4. The summed E-state index contributed by atoms with van der Waals surface area (Å²) in [6.07, 6.45) is -0.276. The average molecular weight is 444 g/mol. The van der Waals surface area contributed by atoms with Crippen LogP contribution in [0.15, 0.2) is 72.8 Å². The average Bonchev–Trinajstić information content (AvgIpc) is 2.87. The predicted octanol–water partition coefficient (Wildman–Crippen LogP) is 4.29. The zero-order chi connectivity index (χ0) is 22.6. The van der Waals surface area contributed by atoms with Gasteiger partial charge in [-0.15, -0.1) is 0 Å². The van der Waals surface area contributed by atoms with Crippen LogP contribution in [0.25, 0.3) is 0 Å². The third-order valence-corrected chi connectivity index (χ3v) is 6.34. The van der Waals surface area contributed by atoms with Crippen molar-refractivity contribution in [2.24, 2.45) is 0 Å². The van der Waals surface area contributed by atoms with Crippen LogP contribution in [0, 0.1) is 0 Å². The molecule has 1 saturated heterocycles. The number of hydrogen-bond acceptors (Lipinski definition) is 5. The van der Waals surface area contributed by atoms with Crippen molar-refractivity contribution in [2.45, 2.75) is 19.3 Å². The number of amides is 1. The van der Waals surface area contributed by atoms with Crippen molar-refractivity contribution in [2.75, 3.05) is 38.7 Å². The van der Waals surface area contributed by atoms with E-state index in [9.17, 15) is 4.79 Å². The Labute approximate surface area is 194 Å². The highest BCUT2D eigenvalue weighted by atomic mass is 16.5. The van der Waals surface area contributed by atoms with Crippen molar-refractivity contribution in [1.29, 1.82) is 0 Å². The van der Waals surface area contributed by atoms with Crippen molar-refractivity contribution in [3.05, 3.63) is 95.1 Å². The van der Waals surface area contributed by atoms with E-state index in [1.807, 2.05) is 53.4 Å². The second kappa shape index (κ2) is 9.65. The molecule has 33 heavy (non-hydrogen) atoms. The van der Waals surface area contributed by atoms with Gasteiger partial charge in [-0.2, -0.15) is 0 Å². The summed E-state index contributed by atoms with van der Waals surface area (Å²) in [5, 5.41) is 3.61. The summed E-state index contributed by atoms with van der Waals surface area (Å²) < 4.78 is 11.2. The van der Waals surface area contributed by atoms with E-state index in [1.165, 1.54) is 0 Å². The second-order valence-corrected chi connectivity index (χ2v) is 8.47. The van der Waals surface area contributed by atoms with Crippen LogP contribution in [0.5, 0.6) is 5.75 Å². The summed E-state index contributed by atoms with van der Waals surface area (Å²) in [5.74, 6) is 0.895. The number of benzene rings is 3. The van der Waals surface area contributed by atoms with Crippen molar-refractivity contribution < 1.29 is 14.3 Å². The standard InChI is InChI=1S/C27H29N3O3/c1-32-25-12-11-21(17-22(25)19-29-13-15-33-16-14-29)26-28-24-10-6-5-9-23(24)27(31)30(26)18-20-7-3-2-4-8-20/h2-12,17,26,28H,13-16,18-19H2,1H3/t26-/m1/s1. The SMILES string of the molecule is COc1ccc([C@@H]2Nc3ccccc3C(=O)N2Cc2ccccc2)cc1CN1CCOCC1. The third kappa shape index (κ3) is 4.58. The number of carbonyl (C=O) groups excluding carboxylic acids is 1. The van der Waals surface area contributed by atoms with Gasteiger partial charge in [0.2, 0.25) is 0 Å². The third-order valence-electron chi connectivity index (χ3n) is 6.34. The van der Waals surface area contributed by atoms with E-state index < -0.39 is 0 Å². The number of hydrogen-bond donors (Lipinski definition) is 1. The molecule has 170 valence electrons. The zero-order valence-corrected chi connectivity index (χ0v) is 18.9. The van der Waals surface area contributed by atoms with Gasteiger partial charge in [0, 0.05) is 37.4 Å². The fourth-order valence-electron chi connectivity index (χ4n) is 4.59. The fourth-order valence-corrected chi connectivity index (χ4v) is 4.59. The van der Waals surface area contributed by atoms with Crippen LogP contribution in [0.4, 0.5) is 5.69 Å². The number of anilines is 1. The molecule has 2 aliphatic heterocycles. The molecule has 0 bridgehead atoms. The van der Waals surface area contributed by atoms with Gasteiger partial charge in [-0.25, -0.2) is 0 Å². The smallest absolute Gasteiger partial charge is 0.258 e. The Morgan fingerprint density at radius 2 is 1.73 bits per heavy atom. The highest BCUT2D eigenvalue weighted by molar-refractivity contribution is 6.01. The Morgan fingerprint density at radius 1 is 0.970 bits per heavy atom. The predicted molar refractivity (Wildman–Crippen MR) is 128 cm³/mol. The lowest BCUT2D eigenvalue weighted by atomic mass is 10.0. The van der Waals surface area contributed by atoms with E-state index in [0.29, 0.717) is 12.1 Å². The quantitative estimate of drug-likeness (QED) is 0.616. The largest absolute Gasteiger partial charge is 0.496 e. The van der Waals surface area contributed by atoms with E-state index in [1.54, 1.807) is 7.11 Å². The van der Waals surface area contributed by atoms with Gasteiger partial charge in [0.25, 0.3) is 5.91 Å². The minimum Gasteiger partial charge on any atom is -0.496 e. The van der Waals surface area contributed by atoms with Crippen LogP contribution < -0.4 is 10.1 Å². The number of nitrogens with one attached hydrogen (secondary N) is 1. The van der Waals surface area contributed by atoms with Crippen molar-refractivity contribution >= 4 is 11.6 Å². The molecule has 0 radical (unpaired) electrons. The molecule has 2 heterocycles. The number of methoxy groups -OCH3 is 1. The molecule has 6 nitrogen and oxygen atoms in total. The number of rotatable bonds is 6. The zero-order valence-electron chi connectivity index (χ0n) is 18.9. The van der Waals surface area contributed by atoms with Crippen molar-refractivity contribution in [3.63, 3.8) is 0 Å². The van der Waals surface area contributed by atoms with Crippen LogP contribution in [0.3, 0.4) is 0 Å². The molecule has 0 spiro atoms. The minimum atomic E-state index is -0.276. The molecule has 0 aliphatic carbocycles. The normalized spacial score (nSPS) is 18.5.